The van der Waals surface area contributed by atoms with Crippen molar-refractivity contribution in [2.24, 2.45) is 5.92 Å². The van der Waals surface area contributed by atoms with Crippen LogP contribution in [0.2, 0.25) is 0 Å². The summed E-state index contributed by atoms with van der Waals surface area (Å²) in [6.45, 7) is 4.17. The first kappa shape index (κ1) is 9.92. The van der Waals surface area contributed by atoms with E-state index in [-0.39, 0.29) is 12.6 Å². The minimum atomic E-state index is 0.0161. The van der Waals surface area contributed by atoms with Crippen molar-refractivity contribution in [1.82, 2.24) is 9.97 Å². The van der Waals surface area contributed by atoms with Gasteiger partial charge in [0, 0.05) is 12.4 Å². The maximum Gasteiger partial charge on any atom is 0.222 e. The topological polar surface area (TPSA) is 58.0 Å². The average Bonchev–Trinajstić information content (AvgIpc) is 2.15. The standard InChI is InChI=1S/C9H15N3O/c1-7(2)8(6-13)12-9-10-4-3-5-11-9/h3-5,7-8,13H,6H2,1-2H3,(H,10,11,12)/t8-/m1/s1. The van der Waals surface area contributed by atoms with E-state index in [4.69, 9.17) is 5.11 Å². The first-order valence-corrected chi connectivity index (χ1v) is 4.38. The Morgan fingerprint density at radius 3 is 2.46 bits per heavy atom. The molecule has 4 nitrogen and oxygen atoms in total. The lowest BCUT2D eigenvalue weighted by molar-refractivity contribution is 0.248. The van der Waals surface area contributed by atoms with Gasteiger partial charge in [-0.15, -0.1) is 0 Å². The highest BCUT2D eigenvalue weighted by atomic mass is 16.3. The lowest BCUT2D eigenvalue weighted by atomic mass is 10.1. The van der Waals surface area contributed by atoms with E-state index in [1.54, 1.807) is 18.5 Å². The predicted octanol–water partition coefficient (Wildman–Crippen LogP) is 0.905. The summed E-state index contributed by atoms with van der Waals surface area (Å²) in [6, 6.07) is 1.77. The summed E-state index contributed by atoms with van der Waals surface area (Å²) in [7, 11) is 0. The average molecular weight is 181 g/mol. The number of nitrogens with one attached hydrogen (secondary N) is 1. The van der Waals surface area contributed by atoms with Crippen LogP contribution in [0.15, 0.2) is 18.5 Å². The number of aliphatic hydroxyl groups excluding tert-OH is 1. The van der Waals surface area contributed by atoms with Crippen molar-refractivity contribution >= 4 is 5.95 Å². The minimum absolute atomic E-state index is 0.0161. The Bertz CT molecular complexity index is 238. The van der Waals surface area contributed by atoms with Crippen LogP contribution in [0.3, 0.4) is 0 Å². The third-order valence-corrected chi connectivity index (χ3v) is 1.88. The van der Waals surface area contributed by atoms with Crippen LogP contribution in [-0.2, 0) is 0 Å². The molecule has 0 amide bonds. The van der Waals surface area contributed by atoms with Gasteiger partial charge in [-0.05, 0) is 12.0 Å². The summed E-state index contributed by atoms with van der Waals surface area (Å²) >= 11 is 0. The van der Waals surface area contributed by atoms with Crippen molar-refractivity contribution in [3.63, 3.8) is 0 Å². The monoisotopic (exact) mass is 181 g/mol. The first-order valence-electron chi connectivity index (χ1n) is 4.38. The van der Waals surface area contributed by atoms with Crippen molar-refractivity contribution in [1.29, 1.82) is 0 Å². The highest BCUT2D eigenvalue weighted by molar-refractivity contribution is 5.24. The molecule has 0 radical (unpaired) electrons. The highest BCUT2D eigenvalue weighted by Gasteiger charge is 2.12. The fourth-order valence-electron chi connectivity index (χ4n) is 0.963. The van der Waals surface area contributed by atoms with Crippen molar-refractivity contribution < 1.29 is 5.11 Å². The summed E-state index contributed by atoms with van der Waals surface area (Å²) in [5, 5.41) is 12.1. The molecular weight excluding hydrogens is 166 g/mol. The Hall–Kier alpha value is -1.16. The first-order chi connectivity index (χ1) is 6.24. The van der Waals surface area contributed by atoms with Crippen molar-refractivity contribution in [2.75, 3.05) is 11.9 Å². The Morgan fingerprint density at radius 1 is 1.38 bits per heavy atom. The number of anilines is 1. The van der Waals surface area contributed by atoms with Crippen LogP contribution in [0.4, 0.5) is 5.95 Å². The molecule has 0 bridgehead atoms. The highest BCUT2D eigenvalue weighted by Crippen LogP contribution is 2.06. The lowest BCUT2D eigenvalue weighted by Crippen LogP contribution is -2.30. The number of nitrogens with zero attached hydrogens (tertiary/aromatic N) is 2. The number of hydrogen-bond acceptors (Lipinski definition) is 4. The summed E-state index contributed by atoms with van der Waals surface area (Å²) in [4.78, 5) is 8.03. The SMILES string of the molecule is CC(C)[C@@H](CO)Nc1ncccn1. The van der Waals surface area contributed by atoms with Gasteiger partial charge in [0.25, 0.3) is 0 Å². The predicted molar refractivity (Wildman–Crippen MR) is 51.4 cm³/mol. The smallest absolute Gasteiger partial charge is 0.222 e. The molecule has 72 valence electrons. The van der Waals surface area contributed by atoms with Gasteiger partial charge in [-0.25, -0.2) is 9.97 Å². The molecule has 1 atom stereocenters. The third kappa shape index (κ3) is 2.99. The van der Waals surface area contributed by atoms with Gasteiger partial charge in [0.1, 0.15) is 0 Å². The molecule has 4 heteroatoms. The molecule has 1 heterocycles. The van der Waals surface area contributed by atoms with Gasteiger partial charge in [-0.2, -0.15) is 0 Å². The van der Waals surface area contributed by atoms with Crippen molar-refractivity contribution in [2.45, 2.75) is 19.9 Å². The maximum absolute atomic E-state index is 9.04. The molecular formula is C9H15N3O. The van der Waals surface area contributed by atoms with E-state index in [0.29, 0.717) is 11.9 Å². The number of hydrogen-bond donors (Lipinski definition) is 2. The van der Waals surface area contributed by atoms with Crippen molar-refractivity contribution in [3.05, 3.63) is 18.5 Å². The Kier molecular flexibility index (Phi) is 3.64. The van der Waals surface area contributed by atoms with Crippen LogP contribution in [0.5, 0.6) is 0 Å². The quantitative estimate of drug-likeness (QED) is 0.724. The summed E-state index contributed by atoms with van der Waals surface area (Å²) < 4.78 is 0. The molecule has 0 fully saturated rings. The molecule has 1 aromatic heterocycles. The third-order valence-electron chi connectivity index (χ3n) is 1.88. The maximum atomic E-state index is 9.04. The van der Waals surface area contributed by atoms with E-state index < -0.39 is 0 Å². The minimum Gasteiger partial charge on any atom is -0.394 e. The van der Waals surface area contributed by atoms with Gasteiger partial charge < -0.3 is 10.4 Å². The van der Waals surface area contributed by atoms with Crippen LogP contribution in [0, 0.1) is 5.92 Å². The Morgan fingerprint density at radius 2 is 2.00 bits per heavy atom. The molecule has 1 rings (SSSR count). The zero-order valence-electron chi connectivity index (χ0n) is 7.94. The van der Waals surface area contributed by atoms with E-state index >= 15 is 0 Å². The molecule has 0 aliphatic rings. The second-order valence-electron chi connectivity index (χ2n) is 3.25. The second-order valence-corrected chi connectivity index (χ2v) is 3.25. The summed E-state index contributed by atoms with van der Waals surface area (Å²) in [6.07, 6.45) is 3.34. The molecule has 13 heavy (non-hydrogen) atoms. The summed E-state index contributed by atoms with van der Waals surface area (Å²) in [5.41, 5.74) is 0. The van der Waals surface area contributed by atoms with Gasteiger partial charge in [-0.1, -0.05) is 13.8 Å². The van der Waals surface area contributed by atoms with Gasteiger partial charge in [0.15, 0.2) is 0 Å². The van der Waals surface area contributed by atoms with Crippen molar-refractivity contribution in [3.8, 4) is 0 Å². The van der Waals surface area contributed by atoms with Gasteiger partial charge in [0.2, 0.25) is 5.95 Å². The van der Waals surface area contributed by atoms with Crippen LogP contribution < -0.4 is 5.32 Å². The zero-order chi connectivity index (χ0) is 9.68. The largest absolute Gasteiger partial charge is 0.394 e. The Labute approximate surface area is 78.0 Å². The molecule has 0 saturated carbocycles. The molecule has 0 unspecified atom stereocenters. The molecule has 0 aliphatic carbocycles. The fraction of sp³-hybridized carbons (Fsp3) is 0.556. The molecule has 0 aliphatic heterocycles. The summed E-state index contributed by atoms with van der Waals surface area (Å²) in [5.74, 6) is 0.920. The molecule has 0 spiro atoms. The Balaban J connectivity index is 2.57. The van der Waals surface area contributed by atoms with E-state index in [1.165, 1.54) is 0 Å². The molecule has 2 N–H and O–H groups in total. The van der Waals surface area contributed by atoms with Crippen LogP contribution in [0.1, 0.15) is 13.8 Å². The number of aliphatic hydroxyl groups is 1. The normalized spacial score (nSPS) is 12.9. The number of rotatable bonds is 4. The van der Waals surface area contributed by atoms with Gasteiger partial charge in [-0.3, -0.25) is 0 Å². The van der Waals surface area contributed by atoms with E-state index in [0.717, 1.165) is 0 Å². The zero-order valence-corrected chi connectivity index (χ0v) is 7.94. The van der Waals surface area contributed by atoms with E-state index in [1.807, 2.05) is 13.8 Å². The van der Waals surface area contributed by atoms with E-state index in [9.17, 15) is 0 Å². The molecule has 0 saturated heterocycles. The second kappa shape index (κ2) is 4.77. The van der Waals surface area contributed by atoms with Gasteiger partial charge in [0.05, 0.1) is 12.6 Å². The molecule has 0 aromatic carbocycles. The van der Waals surface area contributed by atoms with Gasteiger partial charge >= 0.3 is 0 Å². The molecule has 1 aromatic rings. The lowest BCUT2D eigenvalue weighted by Gasteiger charge is -2.19. The van der Waals surface area contributed by atoms with E-state index in [2.05, 4.69) is 15.3 Å². The fourth-order valence-corrected chi connectivity index (χ4v) is 0.963. The number of aromatic nitrogens is 2. The van der Waals surface area contributed by atoms with Crippen LogP contribution >= 0.6 is 0 Å². The van der Waals surface area contributed by atoms with Crippen LogP contribution in [0.25, 0.3) is 0 Å². The van der Waals surface area contributed by atoms with Crippen LogP contribution in [-0.4, -0.2) is 27.7 Å².